The maximum atomic E-state index is 5.04. The van der Waals surface area contributed by atoms with Crippen molar-refractivity contribution in [3.8, 4) is 28.1 Å². The summed E-state index contributed by atoms with van der Waals surface area (Å²) < 4.78 is 2.45. The molecule has 4 nitrogen and oxygen atoms in total. The summed E-state index contributed by atoms with van der Waals surface area (Å²) in [4.78, 5) is 10.1. The van der Waals surface area contributed by atoms with Crippen molar-refractivity contribution >= 4 is 22.6 Å². The van der Waals surface area contributed by atoms with Crippen LogP contribution in [-0.4, -0.2) is 16.2 Å². The first kappa shape index (κ1) is 28.2. The monoisotopic (exact) mass is 618 g/mol. The molecule has 0 radical (unpaired) electrons. The lowest BCUT2D eigenvalue weighted by Gasteiger charge is -2.28. The topological polar surface area (TPSA) is 41.7 Å². The summed E-state index contributed by atoms with van der Waals surface area (Å²) in [6.07, 6.45) is -0.238. The van der Waals surface area contributed by atoms with Crippen LogP contribution in [-0.2, 0) is 5.41 Å². The summed E-state index contributed by atoms with van der Waals surface area (Å²) in [6, 6.07) is 56.1. The van der Waals surface area contributed by atoms with Gasteiger partial charge in [-0.2, -0.15) is 0 Å². The predicted molar refractivity (Wildman–Crippen MR) is 198 cm³/mol. The zero-order chi connectivity index (χ0) is 32.2. The van der Waals surface area contributed by atoms with Crippen LogP contribution in [0.2, 0.25) is 0 Å². The SMILES string of the molecule is CC1(C)c2ccccc2-c2c(n(-c3ccc(C4=NC(c5ccccc5)=NC(c5ccccc5)N4)cc3)c3ccccc23)-c2ccccc21. The average Bonchev–Trinajstić information content (AvgIpc) is 3.46. The number of nitrogens with zero attached hydrogens (tertiary/aromatic N) is 3. The summed E-state index contributed by atoms with van der Waals surface area (Å²) in [5.41, 5.74) is 13.0. The predicted octanol–water partition coefficient (Wildman–Crippen LogP) is 10.1. The first-order valence-electron chi connectivity index (χ1n) is 16.6. The lowest BCUT2D eigenvalue weighted by atomic mass is 9.75. The van der Waals surface area contributed by atoms with Crippen molar-refractivity contribution in [2.24, 2.45) is 9.98 Å². The largest absolute Gasteiger partial charge is 0.344 e. The van der Waals surface area contributed by atoms with Crippen molar-refractivity contribution in [1.29, 1.82) is 0 Å². The molecule has 1 aliphatic carbocycles. The Morgan fingerprint density at radius 1 is 0.583 bits per heavy atom. The second kappa shape index (κ2) is 11.1. The number of fused-ring (bicyclic) bond motifs is 7. The minimum atomic E-state index is -0.238. The zero-order valence-corrected chi connectivity index (χ0v) is 26.9. The van der Waals surface area contributed by atoms with E-state index in [1.165, 1.54) is 44.4 Å². The molecule has 0 saturated heterocycles. The quantitative estimate of drug-likeness (QED) is 0.210. The van der Waals surface area contributed by atoms with Gasteiger partial charge >= 0.3 is 0 Å². The molecule has 2 aliphatic rings. The minimum absolute atomic E-state index is 0.167. The maximum Gasteiger partial charge on any atom is 0.159 e. The van der Waals surface area contributed by atoms with Crippen LogP contribution >= 0.6 is 0 Å². The van der Waals surface area contributed by atoms with Gasteiger partial charge in [-0.1, -0.05) is 141 Å². The first-order valence-corrected chi connectivity index (χ1v) is 16.6. The van der Waals surface area contributed by atoms with Crippen LogP contribution in [0.3, 0.4) is 0 Å². The Bertz CT molecular complexity index is 2380. The number of aliphatic imine (C=N–C) groups is 2. The lowest BCUT2D eigenvalue weighted by Crippen LogP contribution is -2.33. The number of hydrogen-bond acceptors (Lipinski definition) is 3. The third-order valence-corrected chi connectivity index (χ3v) is 9.89. The highest BCUT2D eigenvalue weighted by Gasteiger charge is 2.36. The van der Waals surface area contributed by atoms with E-state index in [-0.39, 0.29) is 11.6 Å². The highest BCUT2D eigenvalue weighted by molar-refractivity contribution is 6.13. The van der Waals surface area contributed by atoms with Crippen molar-refractivity contribution in [1.82, 2.24) is 9.88 Å². The van der Waals surface area contributed by atoms with Crippen molar-refractivity contribution in [3.05, 3.63) is 186 Å². The van der Waals surface area contributed by atoms with Gasteiger partial charge in [0, 0.05) is 38.7 Å². The van der Waals surface area contributed by atoms with Crippen LogP contribution in [0.25, 0.3) is 39.0 Å². The molecule has 1 aromatic heterocycles. The van der Waals surface area contributed by atoms with E-state index in [9.17, 15) is 0 Å². The molecule has 0 amide bonds. The van der Waals surface area contributed by atoms with Crippen molar-refractivity contribution in [2.45, 2.75) is 25.4 Å². The van der Waals surface area contributed by atoms with E-state index < -0.39 is 0 Å². The molecule has 7 aromatic rings. The second-order valence-corrected chi connectivity index (χ2v) is 13.1. The van der Waals surface area contributed by atoms with Gasteiger partial charge in [0.25, 0.3) is 0 Å². The Hall–Kier alpha value is -6.00. The number of amidine groups is 2. The van der Waals surface area contributed by atoms with E-state index in [2.05, 4.69) is 157 Å². The zero-order valence-electron chi connectivity index (χ0n) is 26.9. The van der Waals surface area contributed by atoms with Gasteiger partial charge in [-0.25, -0.2) is 9.98 Å². The van der Waals surface area contributed by atoms with Gasteiger partial charge in [0.2, 0.25) is 0 Å². The standard InChI is InChI=1S/C44H34N4/c1-44(2)36-22-12-9-19-33(36)39-35-21-11-14-24-38(35)48(40(39)34-20-10-13-23-37(34)44)32-27-25-31(26-28-32)43-46-41(29-15-5-3-6-16-29)45-42(47-43)30-17-7-4-8-18-30/h3-28,41H,1-2H3,(H,45,46,47). The van der Waals surface area contributed by atoms with Crippen LogP contribution in [0.1, 0.15) is 47.8 Å². The summed E-state index contributed by atoms with van der Waals surface area (Å²) >= 11 is 0. The number of benzene rings is 6. The highest BCUT2D eigenvalue weighted by atomic mass is 15.2. The van der Waals surface area contributed by atoms with Crippen LogP contribution in [0, 0.1) is 0 Å². The van der Waals surface area contributed by atoms with Gasteiger partial charge < -0.3 is 9.88 Å². The third kappa shape index (κ3) is 4.44. The molecule has 0 bridgehead atoms. The van der Waals surface area contributed by atoms with Gasteiger partial charge in [0.15, 0.2) is 5.84 Å². The fraction of sp³-hybridized carbons (Fsp3) is 0.0909. The smallest absolute Gasteiger partial charge is 0.159 e. The number of para-hydroxylation sites is 1. The van der Waals surface area contributed by atoms with Crippen LogP contribution in [0.15, 0.2) is 168 Å². The molecule has 0 fully saturated rings. The van der Waals surface area contributed by atoms with Gasteiger partial charge in [-0.3, -0.25) is 0 Å². The Morgan fingerprint density at radius 2 is 1.19 bits per heavy atom. The minimum Gasteiger partial charge on any atom is -0.344 e. The maximum absolute atomic E-state index is 5.04. The number of hydrogen-bond donors (Lipinski definition) is 1. The average molecular weight is 619 g/mol. The molecule has 4 heteroatoms. The molecule has 2 heterocycles. The van der Waals surface area contributed by atoms with Gasteiger partial charge in [-0.05, 0) is 52.6 Å². The van der Waals surface area contributed by atoms with E-state index in [1.807, 2.05) is 24.3 Å². The van der Waals surface area contributed by atoms with Gasteiger partial charge in [-0.15, -0.1) is 0 Å². The van der Waals surface area contributed by atoms with E-state index in [1.54, 1.807) is 0 Å². The highest BCUT2D eigenvalue weighted by Crippen LogP contribution is 2.52. The molecule has 9 rings (SSSR count). The van der Waals surface area contributed by atoms with Crippen molar-refractivity contribution < 1.29 is 0 Å². The summed E-state index contributed by atoms with van der Waals surface area (Å²) in [5, 5.41) is 4.87. The van der Waals surface area contributed by atoms with E-state index in [0.717, 1.165) is 34.0 Å². The van der Waals surface area contributed by atoms with Crippen LogP contribution in [0.4, 0.5) is 0 Å². The summed E-state index contributed by atoms with van der Waals surface area (Å²) in [7, 11) is 0. The molecular formula is C44H34N4. The van der Waals surface area contributed by atoms with Gasteiger partial charge in [0.05, 0.1) is 11.2 Å². The molecule has 48 heavy (non-hydrogen) atoms. The van der Waals surface area contributed by atoms with Crippen molar-refractivity contribution in [3.63, 3.8) is 0 Å². The second-order valence-electron chi connectivity index (χ2n) is 13.1. The third-order valence-electron chi connectivity index (χ3n) is 9.89. The molecular weight excluding hydrogens is 585 g/mol. The Balaban J connectivity index is 1.21. The Kier molecular flexibility index (Phi) is 6.51. The molecule has 0 spiro atoms. The lowest BCUT2D eigenvalue weighted by molar-refractivity contribution is 0.646. The normalized spacial score (nSPS) is 16.1. The molecule has 0 saturated carbocycles. The Labute approximate surface area is 280 Å². The van der Waals surface area contributed by atoms with E-state index >= 15 is 0 Å². The van der Waals surface area contributed by atoms with Crippen molar-refractivity contribution in [2.75, 3.05) is 0 Å². The summed E-state index contributed by atoms with van der Waals surface area (Å²) in [6.45, 7) is 4.71. The molecule has 1 N–H and O–H groups in total. The van der Waals surface area contributed by atoms with Gasteiger partial charge in [0.1, 0.15) is 12.0 Å². The number of aromatic nitrogens is 1. The number of nitrogens with one attached hydrogen (secondary N) is 1. The fourth-order valence-corrected chi connectivity index (χ4v) is 7.55. The molecule has 1 unspecified atom stereocenters. The fourth-order valence-electron chi connectivity index (χ4n) is 7.55. The first-order chi connectivity index (χ1) is 23.6. The van der Waals surface area contributed by atoms with E-state index in [0.29, 0.717) is 0 Å². The molecule has 6 aromatic carbocycles. The van der Waals surface area contributed by atoms with Crippen LogP contribution in [0.5, 0.6) is 0 Å². The molecule has 230 valence electrons. The Morgan fingerprint density at radius 3 is 1.94 bits per heavy atom. The molecule has 1 atom stereocenters. The molecule has 1 aliphatic heterocycles. The van der Waals surface area contributed by atoms with Crippen LogP contribution < -0.4 is 5.32 Å². The number of rotatable bonds is 4. The van der Waals surface area contributed by atoms with E-state index in [4.69, 9.17) is 9.98 Å². The summed E-state index contributed by atoms with van der Waals surface area (Å²) in [5.74, 6) is 1.53.